The lowest BCUT2D eigenvalue weighted by Crippen LogP contribution is -2.45. The molecule has 23 heavy (non-hydrogen) atoms. The number of benzene rings is 1. The molecule has 2 heterocycles. The Kier molecular flexibility index (Phi) is 6.22. The maximum absolute atomic E-state index is 6.21. The lowest BCUT2D eigenvalue weighted by Gasteiger charge is -2.35. The second-order valence-electron chi connectivity index (χ2n) is 6.40. The van der Waals surface area contributed by atoms with Crippen LogP contribution in [0.4, 0.5) is 0 Å². The predicted octanol–water partition coefficient (Wildman–Crippen LogP) is 2.40. The first-order valence-corrected chi connectivity index (χ1v) is 9.89. The number of nitrogens with two attached hydrogens (primary N) is 1. The summed E-state index contributed by atoms with van der Waals surface area (Å²) in [6.07, 6.45) is 3.84. The van der Waals surface area contributed by atoms with E-state index in [9.17, 15) is 0 Å². The number of thioether (sulfide) groups is 1. The molecule has 126 valence electrons. The molecule has 0 spiro atoms. The first-order valence-electron chi connectivity index (χ1n) is 8.73. The van der Waals surface area contributed by atoms with Gasteiger partial charge in [0, 0.05) is 37.2 Å². The number of rotatable bonds is 4. The van der Waals surface area contributed by atoms with Crippen molar-refractivity contribution in [3.05, 3.63) is 35.9 Å². The fourth-order valence-corrected chi connectivity index (χ4v) is 4.29. The zero-order valence-electron chi connectivity index (χ0n) is 13.9. The molecule has 2 N–H and O–H groups in total. The molecule has 2 fully saturated rings. The highest BCUT2D eigenvalue weighted by Gasteiger charge is 2.22. The minimum absolute atomic E-state index is 0.529. The van der Waals surface area contributed by atoms with Crippen molar-refractivity contribution in [1.29, 1.82) is 0 Å². The van der Waals surface area contributed by atoms with Crippen LogP contribution in [-0.2, 0) is 6.54 Å². The Hall–Kier alpha value is -1.20. The van der Waals surface area contributed by atoms with Gasteiger partial charge in [-0.1, -0.05) is 36.8 Å². The van der Waals surface area contributed by atoms with Crippen LogP contribution in [0.1, 0.15) is 24.8 Å². The van der Waals surface area contributed by atoms with Gasteiger partial charge in [0.2, 0.25) is 0 Å². The van der Waals surface area contributed by atoms with Crippen LogP contribution in [-0.4, -0.2) is 59.5 Å². The summed E-state index contributed by atoms with van der Waals surface area (Å²) in [7, 11) is 0. The van der Waals surface area contributed by atoms with Gasteiger partial charge in [0.1, 0.15) is 0 Å². The fraction of sp³-hybridized carbons (Fsp3) is 0.611. The second-order valence-corrected chi connectivity index (χ2v) is 7.63. The van der Waals surface area contributed by atoms with Gasteiger partial charge in [-0.2, -0.15) is 11.8 Å². The highest BCUT2D eigenvalue weighted by Crippen LogP contribution is 2.20. The summed E-state index contributed by atoms with van der Waals surface area (Å²) in [6, 6.07) is 11.3. The van der Waals surface area contributed by atoms with Gasteiger partial charge < -0.3 is 10.6 Å². The Bertz CT molecular complexity index is 499. The average molecular weight is 333 g/mol. The number of hydrogen-bond acceptors (Lipinski definition) is 3. The van der Waals surface area contributed by atoms with E-state index in [1.54, 1.807) is 0 Å². The summed E-state index contributed by atoms with van der Waals surface area (Å²) in [4.78, 5) is 9.55. The molecule has 1 aromatic carbocycles. The van der Waals surface area contributed by atoms with Crippen LogP contribution in [0.3, 0.4) is 0 Å². The van der Waals surface area contributed by atoms with Gasteiger partial charge in [-0.05, 0) is 24.9 Å². The Morgan fingerprint density at radius 1 is 1.13 bits per heavy atom. The summed E-state index contributed by atoms with van der Waals surface area (Å²) in [5.41, 5.74) is 7.60. The molecular weight excluding hydrogens is 304 g/mol. The van der Waals surface area contributed by atoms with Crippen LogP contribution in [0.5, 0.6) is 0 Å². The lowest BCUT2D eigenvalue weighted by atomic mass is 10.0. The van der Waals surface area contributed by atoms with Gasteiger partial charge >= 0.3 is 0 Å². The topological polar surface area (TPSA) is 44.9 Å². The average Bonchev–Trinajstić information content (AvgIpc) is 2.62. The number of likely N-dealkylation sites (tertiary alicyclic amines) is 1. The Labute approximate surface area is 144 Å². The molecule has 1 aromatic rings. The summed E-state index contributed by atoms with van der Waals surface area (Å²) in [5, 5.41) is 0. The van der Waals surface area contributed by atoms with E-state index in [-0.39, 0.29) is 0 Å². The smallest absolute Gasteiger partial charge is 0.191 e. The quantitative estimate of drug-likeness (QED) is 0.679. The number of aliphatic imine (C=N–C) groups is 1. The van der Waals surface area contributed by atoms with Crippen LogP contribution in [0.15, 0.2) is 35.3 Å². The van der Waals surface area contributed by atoms with E-state index < -0.39 is 0 Å². The van der Waals surface area contributed by atoms with Crippen molar-refractivity contribution in [1.82, 2.24) is 9.80 Å². The molecular formula is C18H28N4S. The SMILES string of the molecule is NC(=NCC1CCCCN1Cc1ccccc1)N1CCSCC1. The van der Waals surface area contributed by atoms with Gasteiger partial charge in [0.25, 0.3) is 0 Å². The fourth-order valence-electron chi connectivity index (χ4n) is 3.38. The molecule has 0 saturated carbocycles. The number of hydrogen-bond donors (Lipinski definition) is 1. The summed E-state index contributed by atoms with van der Waals surface area (Å²) >= 11 is 2.00. The number of guanidine groups is 1. The monoisotopic (exact) mass is 332 g/mol. The van der Waals surface area contributed by atoms with Crippen molar-refractivity contribution < 1.29 is 0 Å². The largest absolute Gasteiger partial charge is 0.370 e. The molecule has 0 amide bonds. The second kappa shape index (κ2) is 8.60. The molecule has 0 aliphatic carbocycles. The van der Waals surface area contributed by atoms with Gasteiger partial charge in [-0.15, -0.1) is 0 Å². The van der Waals surface area contributed by atoms with Crippen molar-refractivity contribution in [2.24, 2.45) is 10.7 Å². The minimum Gasteiger partial charge on any atom is -0.370 e. The molecule has 4 nitrogen and oxygen atoms in total. The molecule has 0 bridgehead atoms. The number of piperidine rings is 1. The van der Waals surface area contributed by atoms with Gasteiger partial charge in [-0.3, -0.25) is 9.89 Å². The van der Waals surface area contributed by atoms with Crippen LogP contribution in [0.2, 0.25) is 0 Å². The molecule has 5 heteroatoms. The molecule has 2 aliphatic rings. The van der Waals surface area contributed by atoms with Gasteiger partial charge in [0.05, 0.1) is 6.54 Å². The van der Waals surface area contributed by atoms with Crippen molar-refractivity contribution >= 4 is 17.7 Å². The Morgan fingerprint density at radius 2 is 1.91 bits per heavy atom. The predicted molar refractivity (Wildman–Crippen MR) is 99.9 cm³/mol. The van der Waals surface area contributed by atoms with E-state index >= 15 is 0 Å². The van der Waals surface area contributed by atoms with Crippen molar-refractivity contribution in [3.63, 3.8) is 0 Å². The van der Waals surface area contributed by atoms with Crippen LogP contribution >= 0.6 is 11.8 Å². The molecule has 2 aliphatic heterocycles. The minimum atomic E-state index is 0.529. The van der Waals surface area contributed by atoms with E-state index in [4.69, 9.17) is 10.7 Å². The molecule has 0 radical (unpaired) electrons. The van der Waals surface area contributed by atoms with Crippen LogP contribution in [0.25, 0.3) is 0 Å². The third-order valence-electron chi connectivity index (χ3n) is 4.78. The van der Waals surface area contributed by atoms with Crippen molar-refractivity contribution in [2.75, 3.05) is 37.7 Å². The first-order chi connectivity index (χ1) is 11.3. The van der Waals surface area contributed by atoms with Crippen molar-refractivity contribution in [2.45, 2.75) is 31.8 Å². The summed E-state index contributed by atoms with van der Waals surface area (Å²) in [5.74, 6) is 3.08. The van der Waals surface area contributed by atoms with E-state index in [1.807, 2.05) is 11.8 Å². The molecule has 3 rings (SSSR count). The first kappa shape index (κ1) is 16.7. The number of nitrogens with zero attached hydrogens (tertiary/aromatic N) is 3. The van der Waals surface area contributed by atoms with E-state index in [1.165, 1.54) is 42.9 Å². The Morgan fingerprint density at radius 3 is 2.70 bits per heavy atom. The highest BCUT2D eigenvalue weighted by atomic mass is 32.2. The van der Waals surface area contributed by atoms with Crippen LogP contribution in [0, 0.1) is 0 Å². The highest BCUT2D eigenvalue weighted by molar-refractivity contribution is 7.99. The van der Waals surface area contributed by atoms with E-state index in [0.29, 0.717) is 6.04 Å². The van der Waals surface area contributed by atoms with E-state index in [0.717, 1.165) is 32.1 Å². The van der Waals surface area contributed by atoms with Gasteiger partial charge in [-0.25, -0.2) is 0 Å². The molecule has 2 saturated heterocycles. The summed E-state index contributed by atoms with van der Waals surface area (Å²) < 4.78 is 0. The molecule has 1 atom stereocenters. The maximum atomic E-state index is 6.21. The third kappa shape index (κ3) is 4.88. The molecule has 1 unspecified atom stereocenters. The lowest BCUT2D eigenvalue weighted by molar-refractivity contribution is 0.145. The van der Waals surface area contributed by atoms with Crippen molar-refractivity contribution in [3.8, 4) is 0 Å². The zero-order valence-corrected chi connectivity index (χ0v) is 14.7. The molecule has 0 aromatic heterocycles. The van der Waals surface area contributed by atoms with Gasteiger partial charge in [0.15, 0.2) is 5.96 Å². The standard InChI is InChI=1S/C18H28N4S/c19-18(21-10-12-23-13-11-21)20-14-17-8-4-5-9-22(17)15-16-6-2-1-3-7-16/h1-3,6-7,17H,4-5,8-15H2,(H2,19,20). The van der Waals surface area contributed by atoms with E-state index in [2.05, 4.69) is 40.1 Å². The third-order valence-corrected chi connectivity index (χ3v) is 5.72. The maximum Gasteiger partial charge on any atom is 0.191 e. The normalized spacial score (nSPS) is 23.9. The summed E-state index contributed by atoms with van der Waals surface area (Å²) in [6.45, 7) is 5.12. The van der Waals surface area contributed by atoms with Crippen LogP contribution < -0.4 is 5.73 Å². The zero-order chi connectivity index (χ0) is 15.9. The Balaban J connectivity index is 1.57.